The number of halogens is 1. The summed E-state index contributed by atoms with van der Waals surface area (Å²) in [4.78, 5) is 34.2. The highest BCUT2D eigenvalue weighted by atomic mass is 35.5. The number of carbonyl (C=O) groups excluding carboxylic acids is 1. The van der Waals surface area contributed by atoms with Crippen LogP contribution in [0.4, 0.5) is 5.69 Å². The van der Waals surface area contributed by atoms with Gasteiger partial charge in [-0.25, -0.2) is 9.48 Å². The number of amides is 1. The number of carboxylic acid groups (broad SMARTS) is 1. The molecule has 2 heterocycles. The zero-order valence-corrected chi connectivity index (χ0v) is 34.0. The topological polar surface area (TPSA) is 134 Å². The number of aliphatic hydroxyl groups is 1. The van der Waals surface area contributed by atoms with Crippen LogP contribution < -0.4 is 5.32 Å². The number of allylic oxidation sites excluding steroid dienone is 1. The average Bonchev–Trinajstić information content (AvgIpc) is 3.78. The molecule has 1 saturated heterocycles. The normalized spacial score (nSPS) is 16.5. The van der Waals surface area contributed by atoms with Crippen molar-refractivity contribution in [2.24, 2.45) is 10.9 Å². The van der Waals surface area contributed by atoms with Crippen LogP contribution in [-0.4, -0.2) is 85.0 Å². The third-order valence-corrected chi connectivity index (χ3v) is 10.7. The lowest BCUT2D eigenvalue weighted by Crippen LogP contribution is -2.39. The second-order valence-electron chi connectivity index (χ2n) is 14.6. The minimum Gasteiger partial charge on any atom is -0.480 e. The van der Waals surface area contributed by atoms with Crippen molar-refractivity contribution in [2.75, 3.05) is 25.1 Å². The Balaban J connectivity index is 1.44. The first-order chi connectivity index (χ1) is 27.0. The minimum atomic E-state index is -1.32. The molecule has 13 heteroatoms. The maximum Gasteiger partial charge on any atom is 0.330 e. The van der Waals surface area contributed by atoms with Gasteiger partial charge in [0.05, 0.1) is 36.2 Å². The molecule has 1 fully saturated rings. The molecule has 0 saturated carbocycles. The molecule has 1 aliphatic heterocycles. The highest BCUT2D eigenvalue weighted by Crippen LogP contribution is 2.28. The molecule has 1 aliphatic rings. The number of aromatic nitrogens is 3. The maximum atomic E-state index is 14.0. The van der Waals surface area contributed by atoms with E-state index < -0.39 is 24.2 Å². The first-order valence-corrected chi connectivity index (χ1v) is 20.1. The van der Waals surface area contributed by atoms with Gasteiger partial charge in [0.1, 0.15) is 5.82 Å². The van der Waals surface area contributed by atoms with E-state index in [1.165, 1.54) is 4.68 Å². The van der Waals surface area contributed by atoms with Crippen LogP contribution in [0, 0.1) is 10.7 Å². The van der Waals surface area contributed by atoms with E-state index in [0.717, 1.165) is 24.9 Å². The summed E-state index contributed by atoms with van der Waals surface area (Å²) in [6.07, 6.45) is 4.28. The number of hydrogen-bond acceptors (Lipinski definition) is 8. The molecule has 4 atom stereocenters. The third-order valence-electron chi connectivity index (χ3n) is 9.97. The van der Waals surface area contributed by atoms with E-state index in [2.05, 4.69) is 30.6 Å². The number of hydrogen-bond donors (Lipinski definition) is 3. The van der Waals surface area contributed by atoms with Crippen molar-refractivity contribution in [1.29, 1.82) is 0 Å². The van der Waals surface area contributed by atoms with E-state index >= 15 is 0 Å². The Morgan fingerprint density at radius 3 is 2.50 bits per heavy atom. The lowest BCUT2D eigenvalue weighted by molar-refractivity contribution is -0.139. The van der Waals surface area contributed by atoms with Crippen molar-refractivity contribution < 1.29 is 24.5 Å². The lowest BCUT2D eigenvalue weighted by atomic mass is 9.99. The zero-order valence-electron chi connectivity index (χ0n) is 32.4. The number of rotatable bonds is 20. The molecule has 298 valence electrons. The van der Waals surface area contributed by atoms with E-state index in [4.69, 9.17) is 38.6 Å². The Morgan fingerprint density at radius 2 is 1.79 bits per heavy atom. The van der Waals surface area contributed by atoms with Crippen LogP contribution in [0.2, 0.25) is 5.02 Å². The number of carbonyl (C=O) groups is 2. The summed E-state index contributed by atoms with van der Waals surface area (Å²) >= 11 is 12.3. The standard InChI is InChI=1S/C43H53ClN6O5S/c1-5-24-49-38(22-21-33(51)28-55-26-23-29(2)3)47-50(43(49)56)30(4)39(42(53)54)46-40(31-14-7-6-8-15-31)34-17-10-12-19-36(34)45-41(52)37-20-13-25-48(37)27-32-16-9-11-18-35(32)44/h5-12,14-19,29-30,33,37,39,51H,1,13,20-28H2,2-4H3,(H,45,52)(H,53,54)/t30-,33?,37-,39-/m0/s1. The molecular weight excluding hydrogens is 748 g/mol. The summed E-state index contributed by atoms with van der Waals surface area (Å²) in [7, 11) is 0. The fourth-order valence-corrected chi connectivity index (χ4v) is 7.43. The van der Waals surface area contributed by atoms with Crippen LogP contribution in [0.25, 0.3) is 0 Å². The molecule has 3 N–H and O–H groups in total. The largest absolute Gasteiger partial charge is 0.480 e. The number of aryl methyl sites for hydroxylation is 1. The van der Waals surface area contributed by atoms with Crippen molar-refractivity contribution in [1.82, 2.24) is 19.2 Å². The number of aliphatic carboxylic acids is 1. The molecule has 11 nitrogen and oxygen atoms in total. The van der Waals surface area contributed by atoms with E-state index in [9.17, 15) is 19.8 Å². The SMILES string of the molecule is C=CCn1c(CCC(O)COCCC(C)C)nn([C@@H](C)[C@H](N=C(c2ccccc2)c2ccccc2NC(=O)[C@@H]2CCCN2Cc2ccccc2Cl)C(=O)O)c1=S. The predicted molar refractivity (Wildman–Crippen MR) is 224 cm³/mol. The van der Waals surface area contributed by atoms with Crippen molar-refractivity contribution in [3.63, 3.8) is 0 Å². The summed E-state index contributed by atoms with van der Waals surface area (Å²) < 4.78 is 9.31. The van der Waals surface area contributed by atoms with Crippen LogP contribution in [-0.2, 0) is 33.8 Å². The quantitative estimate of drug-likeness (QED) is 0.0358. The van der Waals surface area contributed by atoms with Gasteiger partial charge >= 0.3 is 5.97 Å². The molecule has 1 unspecified atom stereocenters. The van der Waals surface area contributed by atoms with Crippen LogP contribution in [0.5, 0.6) is 0 Å². The second kappa shape index (κ2) is 20.6. The van der Waals surface area contributed by atoms with E-state index in [1.807, 2.05) is 72.8 Å². The highest BCUT2D eigenvalue weighted by Gasteiger charge is 2.33. The molecule has 0 spiro atoms. The highest BCUT2D eigenvalue weighted by molar-refractivity contribution is 7.71. The number of benzene rings is 3. The van der Waals surface area contributed by atoms with Gasteiger partial charge in [0, 0.05) is 42.3 Å². The molecule has 5 rings (SSSR count). The van der Waals surface area contributed by atoms with Gasteiger partial charge in [-0.05, 0) is 75.0 Å². The molecular formula is C43H53ClN6O5S. The van der Waals surface area contributed by atoms with Crippen molar-refractivity contribution in [3.05, 3.63) is 124 Å². The summed E-state index contributed by atoms with van der Waals surface area (Å²) in [5.74, 6) is -0.206. The average molecular weight is 801 g/mol. The first kappa shape index (κ1) is 42.7. The first-order valence-electron chi connectivity index (χ1n) is 19.3. The van der Waals surface area contributed by atoms with E-state index in [1.54, 1.807) is 23.6 Å². The molecule has 0 bridgehead atoms. The fraction of sp³-hybridized carbons (Fsp3) is 0.419. The lowest BCUT2D eigenvalue weighted by Gasteiger charge is -2.25. The zero-order chi connectivity index (χ0) is 40.2. The van der Waals surface area contributed by atoms with Gasteiger partial charge in [0.25, 0.3) is 0 Å². The summed E-state index contributed by atoms with van der Waals surface area (Å²) in [5.41, 5.74) is 3.13. The number of anilines is 1. The maximum absolute atomic E-state index is 14.0. The number of aliphatic imine (C=N–C) groups is 1. The van der Waals surface area contributed by atoms with Gasteiger partial charge in [-0.3, -0.25) is 14.7 Å². The van der Waals surface area contributed by atoms with Crippen molar-refractivity contribution >= 4 is 47.1 Å². The van der Waals surface area contributed by atoms with Crippen LogP contribution in [0.3, 0.4) is 0 Å². The van der Waals surface area contributed by atoms with Crippen LogP contribution >= 0.6 is 23.8 Å². The second-order valence-corrected chi connectivity index (χ2v) is 15.4. The van der Waals surface area contributed by atoms with Gasteiger partial charge in [-0.1, -0.05) is 98.3 Å². The van der Waals surface area contributed by atoms with Gasteiger partial charge in [-0.2, -0.15) is 5.10 Å². The minimum absolute atomic E-state index is 0.156. The smallest absolute Gasteiger partial charge is 0.330 e. The Labute approximate surface area is 339 Å². The van der Waals surface area contributed by atoms with Crippen LogP contribution in [0.1, 0.15) is 75.0 Å². The third kappa shape index (κ3) is 11.1. The molecule has 0 radical (unpaired) electrons. The Kier molecular flexibility index (Phi) is 15.7. The summed E-state index contributed by atoms with van der Waals surface area (Å²) in [6, 6.07) is 21.8. The Bertz CT molecular complexity index is 2030. The number of carboxylic acids is 1. The molecule has 4 aromatic rings. The van der Waals surface area contributed by atoms with Gasteiger partial charge in [0.15, 0.2) is 10.8 Å². The molecule has 1 amide bonds. The van der Waals surface area contributed by atoms with Gasteiger partial charge in [-0.15, -0.1) is 6.58 Å². The predicted octanol–water partition coefficient (Wildman–Crippen LogP) is 7.76. The number of aliphatic hydroxyl groups excluding tert-OH is 1. The van der Waals surface area contributed by atoms with Gasteiger partial charge < -0.3 is 24.8 Å². The Morgan fingerprint density at radius 1 is 1.07 bits per heavy atom. The number of likely N-dealkylation sites (tertiary alicyclic amines) is 1. The number of nitrogens with one attached hydrogen (secondary N) is 1. The monoisotopic (exact) mass is 800 g/mol. The molecule has 0 aliphatic carbocycles. The summed E-state index contributed by atoms with van der Waals surface area (Å²) in [5, 5.41) is 30.0. The van der Waals surface area contributed by atoms with Crippen molar-refractivity contribution in [3.8, 4) is 0 Å². The van der Waals surface area contributed by atoms with E-state index in [0.29, 0.717) is 83.0 Å². The molecule has 56 heavy (non-hydrogen) atoms. The Hall–Kier alpha value is -4.46. The molecule has 3 aromatic carbocycles. The van der Waals surface area contributed by atoms with E-state index in [-0.39, 0.29) is 18.6 Å². The fourth-order valence-electron chi connectivity index (χ4n) is 6.85. The van der Waals surface area contributed by atoms with Gasteiger partial charge in [0.2, 0.25) is 5.91 Å². The number of para-hydroxylation sites is 1. The molecule has 1 aromatic heterocycles. The summed E-state index contributed by atoms with van der Waals surface area (Å²) in [6.45, 7) is 12.3. The number of nitrogens with zero attached hydrogens (tertiary/aromatic N) is 5. The van der Waals surface area contributed by atoms with Crippen molar-refractivity contribution in [2.45, 2.75) is 90.2 Å². The number of ether oxygens (including phenoxy) is 1. The van der Waals surface area contributed by atoms with Crippen LogP contribution in [0.15, 0.2) is 96.5 Å².